The van der Waals surface area contributed by atoms with Gasteiger partial charge in [-0.15, -0.1) is 0 Å². The molecule has 2 heterocycles. The molecule has 6 heteroatoms. The summed E-state index contributed by atoms with van der Waals surface area (Å²) in [6.45, 7) is 0.783. The van der Waals surface area contributed by atoms with E-state index in [1.54, 1.807) is 23.1 Å². The van der Waals surface area contributed by atoms with Crippen molar-refractivity contribution in [3.63, 3.8) is 0 Å². The van der Waals surface area contributed by atoms with E-state index in [1.807, 2.05) is 41.3 Å². The number of aromatic nitrogens is 3. The van der Waals surface area contributed by atoms with Gasteiger partial charge in [-0.1, -0.05) is 24.3 Å². The minimum absolute atomic E-state index is 0.0570. The number of rotatable bonds is 5. The monoisotopic (exact) mass is 376 g/mol. The molecule has 1 aliphatic rings. The summed E-state index contributed by atoms with van der Waals surface area (Å²) in [5, 5.41) is 13.6. The zero-order valence-electron chi connectivity index (χ0n) is 15.7. The summed E-state index contributed by atoms with van der Waals surface area (Å²) >= 11 is 0. The van der Waals surface area contributed by atoms with Gasteiger partial charge < -0.3 is 10.0 Å². The first kappa shape index (κ1) is 18.2. The Balaban J connectivity index is 1.53. The van der Waals surface area contributed by atoms with Crippen LogP contribution in [0.15, 0.2) is 61.2 Å². The summed E-state index contributed by atoms with van der Waals surface area (Å²) in [6.07, 6.45) is 8.10. The molecule has 1 fully saturated rings. The van der Waals surface area contributed by atoms with Crippen LogP contribution in [-0.2, 0) is 6.42 Å². The molecule has 1 atom stereocenters. The zero-order valence-corrected chi connectivity index (χ0v) is 15.7. The average Bonchev–Trinajstić information content (AvgIpc) is 3.28. The molecule has 1 amide bonds. The van der Waals surface area contributed by atoms with Gasteiger partial charge in [0.1, 0.15) is 18.4 Å². The van der Waals surface area contributed by atoms with Crippen LogP contribution in [0.5, 0.6) is 5.75 Å². The van der Waals surface area contributed by atoms with E-state index in [4.69, 9.17) is 0 Å². The van der Waals surface area contributed by atoms with Crippen molar-refractivity contribution in [2.45, 2.75) is 38.1 Å². The van der Waals surface area contributed by atoms with Crippen molar-refractivity contribution < 1.29 is 9.90 Å². The number of carbonyl (C=O) groups excluding carboxylic acids is 1. The number of aromatic hydroxyl groups is 1. The summed E-state index contributed by atoms with van der Waals surface area (Å²) < 4.78 is 1.64. The standard InChI is InChI=1S/C22H24N4O2/c27-19-12-9-17(10-13-19)8-11-18-5-3-4-14-25(18)22(28)20-6-1-2-7-21(20)26-16-23-15-24-26/h1-2,6-7,9-10,12-13,15-16,18,27H,3-5,8,11,14H2/t18-/m0/s1. The van der Waals surface area contributed by atoms with E-state index in [0.29, 0.717) is 5.56 Å². The highest BCUT2D eigenvalue weighted by atomic mass is 16.3. The molecule has 2 aromatic carbocycles. The third kappa shape index (κ3) is 3.91. The fourth-order valence-corrected chi connectivity index (χ4v) is 3.91. The van der Waals surface area contributed by atoms with Crippen LogP contribution in [0.1, 0.15) is 41.6 Å². The van der Waals surface area contributed by atoms with Crippen molar-refractivity contribution in [3.8, 4) is 11.4 Å². The van der Waals surface area contributed by atoms with Gasteiger partial charge in [-0.25, -0.2) is 9.67 Å². The van der Waals surface area contributed by atoms with Gasteiger partial charge in [0.2, 0.25) is 0 Å². The minimum atomic E-state index is 0.0570. The van der Waals surface area contributed by atoms with Crippen LogP contribution >= 0.6 is 0 Å². The first-order valence-corrected chi connectivity index (χ1v) is 9.75. The molecule has 0 saturated carbocycles. The Labute approximate surface area is 164 Å². The molecule has 0 bridgehead atoms. The van der Waals surface area contributed by atoms with E-state index in [0.717, 1.165) is 44.3 Å². The summed E-state index contributed by atoms with van der Waals surface area (Å²) in [6, 6.07) is 15.1. The molecular weight excluding hydrogens is 352 g/mol. The lowest BCUT2D eigenvalue weighted by Gasteiger charge is -2.36. The molecule has 1 aliphatic heterocycles. The largest absolute Gasteiger partial charge is 0.508 e. The first-order chi connectivity index (χ1) is 13.7. The fraction of sp³-hybridized carbons (Fsp3) is 0.318. The van der Waals surface area contributed by atoms with Gasteiger partial charge in [-0.05, 0) is 61.9 Å². The fourth-order valence-electron chi connectivity index (χ4n) is 3.91. The molecule has 0 unspecified atom stereocenters. The average molecular weight is 376 g/mol. The summed E-state index contributed by atoms with van der Waals surface area (Å²) in [4.78, 5) is 19.4. The molecular formula is C22H24N4O2. The molecule has 3 aromatic rings. The molecule has 1 aromatic heterocycles. The second-order valence-corrected chi connectivity index (χ2v) is 7.21. The predicted molar refractivity (Wildman–Crippen MR) is 106 cm³/mol. The predicted octanol–water partition coefficient (Wildman–Crippen LogP) is 3.60. The van der Waals surface area contributed by atoms with Crippen LogP contribution in [0.3, 0.4) is 0 Å². The number of nitrogens with zero attached hydrogens (tertiary/aromatic N) is 4. The van der Waals surface area contributed by atoms with Gasteiger partial charge in [0.15, 0.2) is 0 Å². The number of hydrogen-bond acceptors (Lipinski definition) is 4. The van der Waals surface area contributed by atoms with Crippen LogP contribution in [0, 0.1) is 0 Å². The second kappa shape index (κ2) is 8.25. The molecule has 4 rings (SSSR count). The molecule has 1 N–H and O–H groups in total. The van der Waals surface area contributed by atoms with E-state index in [2.05, 4.69) is 10.1 Å². The maximum absolute atomic E-state index is 13.4. The zero-order chi connectivity index (χ0) is 19.3. The highest BCUT2D eigenvalue weighted by Gasteiger charge is 2.28. The number of carbonyl (C=O) groups is 1. The Morgan fingerprint density at radius 1 is 1.11 bits per heavy atom. The number of aryl methyl sites for hydroxylation is 1. The van der Waals surface area contributed by atoms with Crippen molar-refractivity contribution in [2.24, 2.45) is 0 Å². The second-order valence-electron chi connectivity index (χ2n) is 7.21. The number of hydrogen-bond donors (Lipinski definition) is 1. The van der Waals surface area contributed by atoms with Gasteiger partial charge in [0.25, 0.3) is 5.91 Å². The number of benzene rings is 2. The van der Waals surface area contributed by atoms with Crippen molar-refractivity contribution in [3.05, 3.63) is 72.3 Å². The number of phenolic OH excluding ortho intramolecular Hbond substituents is 1. The first-order valence-electron chi connectivity index (χ1n) is 9.75. The lowest BCUT2D eigenvalue weighted by molar-refractivity contribution is 0.0602. The van der Waals surface area contributed by atoms with Crippen molar-refractivity contribution in [1.29, 1.82) is 0 Å². The molecule has 6 nitrogen and oxygen atoms in total. The van der Waals surface area contributed by atoms with Crippen molar-refractivity contribution >= 4 is 5.91 Å². The SMILES string of the molecule is O=C(c1ccccc1-n1cncn1)N1CCCC[C@H]1CCc1ccc(O)cc1. The Morgan fingerprint density at radius 3 is 2.71 bits per heavy atom. The number of para-hydroxylation sites is 1. The van der Waals surface area contributed by atoms with Crippen LogP contribution < -0.4 is 0 Å². The number of piperidine rings is 1. The van der Waals surface area contributed by atoms with Gasteiger partial charge >= 0.3 is 0 Å². The minimum Gasteiger partial charge on any atom is -0.508 e. The number of phenols is 1. The Bertz CT molecular complexity index is 922. The van der Waals surface area contributed by atoms with Gasteiger partial charge in [-0.2, -0.15) is 5.10 Å². The Hall–Kier alpha value is -3.15. The molecule has 0 spiro atoms. The van der Waals surface area contributed by atoms with Crippen molar-refractivity contribution in [2.75, 3.05) is 6.54 Å². The highest BCUT2D eigenvalue weighted by Crippen LogP contribution is 2.25. The summed E-state index contributed by atoms with van der Waals surface area (Å²) in [5.74, 6) is 0.337. The maximum atomic E-state index is 13.4. The van der Waals surface area contributed by atoms with E-state index >= 15 is 0 Å². The van der Waals surface area contributed by atoms with Crippen LogP contribution in [0.2, 0.25) is 0 Å². The Morgan fingerprint density at radius 2 is 1.93 bits per heavy atom. The number of amides is 1. The molecule has 144 valence electrons. The summed E-state index contributed by atoms with van der Waals surface area (Å²) in [7, 11) is 0. The van der Waals surface area contributed by atoms with Gasteiger partial charge in [-0.3, -0.25) is 4.79 Å². The highest BCUT2D eigenvalue weighted by molar-refractivity contribution is 5.98. The third-order valence-corrected chi connectivity index (χ3v) is 5.39. The molecule has 28 heavy (non-hydrogen) atoms. The van der Waals surface area contributed by atoms with Crippen LogP contribution in [0.25, 0.3) is 5.69 Å². The lowest BCUT2D eigenvalue weighted by atomic mass is 9.94. The van der Waals surface area contributed by atoms with Gasteiger partial charge in [0.05, 0.1) is 11.3 Å². The van der Waals surface area contributed by atoms with Crippen LogP contribution in [-0.4, -0.2) is 43.3 Å². The van der Waals surface area contributed by atoms with Crippen molar-refractivity contribution in [1.82, 2.24) is 19.7 Å². The van der Waals surface area contributed by atoms with Crippen LogP contribution in [0.4, 0.5) is 0 Å². The van der Waals surface area contributed by atoms with E-state index in [9.17, 15) is 9.90 Å². The summed E-state index contributed by atoms with van der Waals surface area (Å²) in [5.41, 5.74) is 2.59. The quantitative estimate of drug-likeness (QED) is 0.739. The van der Waals surface area contributed by atoms with E-state index < -0.39 is 0 Å². The smallest absolute Gasteiger partial charge is 0.256 e. The van der Waals surface area contributed by atoms with E-state index in [-0.39, 0.29) is 17.7 Å². The lowest BCUT2D eigenvalue weighted by Crippen LogP contribution is -2.44. The topological polar surface area (TPSA) is 71.2 Å². The molecule has 1 saturated heterocycles. The Kier molecular flexibility index (Phi) is 5.37. The molecule has 0 radical (unpaired) electrons. The third-order valence-electron chi connectivity index (χ3n) is 5.39. The molecule has 0 aliphatic carbocycles. The normalized spacial score (nSPS) is 16.9. The van der Waals surface area contributed by atoms with Gasteiger partial charge in [0, 0.05) is 12.6 Å². The maximum Gasteiger partial charge on any atom is 0.256 e. The number of likely N-dealkylation sites (tertiary alicyclic amines) is 1. The van der Waals surface area contributed by atoms with E-state index in [1.165, 1.54) is 11.9 Å².